The maximum Gasteiger partial charge on any atom is 0 e. The van der Waals surface area contributed by atoms with Crippen molar-refractivity contribution in [2.45, 2.75) is 7.43 Å². The summed E-state index contributed by atoms with van der Waals surface area (Å²) in [6, 6.07) is 0. The average Bonchev–Trinajstić information content (AvgIpc) is 0. The molecule has 0 bridgehead atoms. The molecule has 0 atom stereocenters. The molecule has 0 aromatic rings. The molecule has 3 N–H and O–H groups in total. The van der Waals surface area contributed by atoms with E-state index in [1.54, 1.807) is 0 Å². The molecule has 3 heteroatoms. The minimum absolute atomic E-state index is 0. The Morgan fingerprint density at radius 3 is 1.00 bits per heavy atom. The molecule has 0 aliphatic rings. The number of rotatable bonds is 0. The first-order valence-electron chi connectivity index (χ1n) is 0. The second-order valence-electron chi connectivity index (χ2n) is 0. The summed E-state index contributed by atoms with van der Waals surface area (Å²) in [6.07, 6.45) is 0. The fourth-order valence-electron chi connectivity index (χ4n) is 0. The monoisotopic (exact) mass is 139 g/mol. The van der Waals surface area contributed by atoms with Crippen LogP contribution in [0.3, 0.4) is 0 Å². The van der Waals surface area contributed by atoms with Gasteiger partial charge in [0.25, 0.3) is 0 Å². The van der Waals surface area contributed by atoms with E-state index in [0.717, 1.165) is 0 Å². The van der Waals surface area contributed by atoms with Crippen LogP contribution in [0.25, 0.3) is 0 Å². The summed E-state index contributed by atoms with van der Waals surface area (Å²) in [5, 5.41) is 0. The summed E-state index contributed by atoms with van der Waals surface area (Å²) < 4.78 is 0. The van der Waals surface area contributed by atoms with Gasteiger partial charge in [0, 0.05) is 35.6 Å². The Bertz CT molecular complexity index is 8.00. The Hall–Kier alpha value is 1.06. The number of hydrogen-bond acceptors (Lipinski definition) is 1. The van der Waals surface area contributed by atoms with Crippen molar-refractivity contribution >= 4 is 0 Å². The molecule has 0 aliphatic carbocycles. The van der Waals surface area contributed by atoms with Gasteiger partial charge in [-0.15, -0.1) is 0 Å². The van der Waals surface area contributed by atoms with Crippen molar-refractivity contribution < 1.29 is 35.6 Å². The van der Waals surface area contributed by atoms with Gasteiger partial charge >= 0.3 is 0 Å². The van der Waals surface area contributed by atoms with Crippen LogP contribution < -0.4 is 6.15 Å². The SMILES string of the molecule is C.N.[Mn].[V]. The van der Waals surface area contributed by atoms with Crippen LogP contribution in [0.1, 0.15) is 7.43 Å². The van der Waals surface area contributed by atoms with Crippen LogP contribution >= 0.6 is 0 Å². The summed E-state index contributed by atoms with van der Waals surface area (Å²) in [6.45, 7) is 0. The Balaban J connectivity index is 0. The van der Waals surface area contributed by atoms with Gasteiger partial charge in [0.2, 0.25) is 0 Å². The molecule has 0 spiro atoms. The van der Waals surface area contributed by atoms with E-state index in [1.807, 2.05) is 0 Å². The first-order valence-corrected chi connectivity index (χ1v) is 0. The van der Waals surface area contributed by atoms with Crippen LogP contribution in [-0.4, -0.2) is 0 Å². The molecule has 0 saturated heterocycles. The van der Waals surface area contributed by atoms with Gasteiger partial charge in [0.05, 0.1) is 0 Å². The Kier molecular flexibility index (Phi) is 623. The summed E-state index contributed by atoms with van der Waals surface area (Å²) in [4.78, 5) is 0. The first-order chi connectivity index (χ1) is 0. The molecular formula is CH7MnNV. The molecule has 28 valence electrons. The van der Waals surface area contributed by atoms with Crippen LogP contribution in [0.4, 0.5) is 0 Å². The zero-order valence-corrected chi connectivity index (χ0v) is 4.11. The standard InChI is InChI=1S/CH4.Mn.H3N.V/h1H4;;1H3;. The molecule has 0 aromatic carbocycles. The molecule has 0 saturated carbocycles. The fourth-order valence-corrected chi connectivity index (χ4v) is 0. The van der Waals surface area contributed by atoms with E-state index in [4.69, 9.17) is 0 Å². The third-order valence-corrected chi connectivity index (χ3v) is 0. The van der Waals surface area contributed by atoms with Gasteiger partial charge in [0.1, 0.15) is 0 Å². The van der Waals surface area contributed by atoms with Crippen LogP contribution in [0.15, 0.2) is 0 Å². The summed E-state index contributed by atoms with van der Waals surface area (Å²) >= 11 is 0. The van der Waals surface area contributed by atoms with Crippen molar-refractivity contribution in [2.24, 2.45) is 0 Å². The van der Waals surface area contributed by atoms with Crippen LogP contribution in [0.5, 0.6) is 0 Å². The van der Waals surface area contributed by atoms with Crippen molar-refractivity contribution in [1.29, 1.82) is 0 Å². The van der Waals surface area contributed by atoms with Gasteiger partial charge in [-0.2, -0.15) is 0 Å². The third-order valence-electron chi connectivity index (χ3n) is 0. The second-order valence-corrected chi connectivity index (χ2v) is 0. The molecule has 1 nitrogen and oxygen atoms in total. The van der Waals surface area contributed by atoms with Crippen LogP contribution in [-0.2, 0) is 35.6 Å². The van der Waals surface area contributed by atoms with Gasteiger partial charge in [0.15, 0.2) is 0 Å². The van der Waals surface area contributed by atoms with E-state index in [-0.39, 0.29) is 49.2 Å². The van der Waals surface area contributed by atoms with Crippen LogP contribution in [0, 0.1) is 0 Å². The van der Waals surface area contributed by atoms with Crippen molar-refractivity contribution in [3.63, 3.8) is 0 Å². The molecule has 2 radical (unpaired) electrons. The van der Waals surface area contributed by atoms with E-state index in [9.17, 15) is 0 Å². The van der Waals surface area contributed by atoms with Gasteiger partial charge in [-0.05, 0) is 0 Å². The quantitative estimate of drug-likeness (QED) is 0.494. The average molecular weight is 139 g/mol. The van der Waals surface area contributed by atoms with E-state index < -0.39 is 0 Å². The van der Waals surface area contributed by atoms with E-state index in [0.29, 0.717) is 0 Å². The predicted molar refractivity (Wildman–Crippen MR) is 11.8 cm³/mol. The number of hydrogen-bond donors (Lipinski definition) is 1. The fraction of sp³-hybridized carbons (Fsp3) is 1.00. The summed E-state index contributed by atoms with van der Waals surface area (Å²) in [7, 11) is 0. The van der Waals surface area contributed by atoms with E-state index >= 15 is 0 Å². The molecular weight excluding hydrogens is 132 g/mol. The van der Waals surface area contributed by atoms with Gasteiger partial charge in [-0.25, -0.2) is 0 Å². The van der Waals surface area contributed by atoms with Gasteiger partial charge in [-0.3, -0.25) is 0 Å². The minimum Gasteiger partial charge on any atom is -0.344 e. The zero-order chi connectivity index (χ0) is 0. The Morgan fingerprint density at radius 2 is 1.00 bits per heavy atom. The van der Waals surface area contributed by atoms with E-state index in [2.05, 4.69) is 0 Å². The normalized spacial score (nSPS) is 0. The second kappa shape index (κ2) is 33.7. The predicted octanol–water partition coefficient (Wildman–Crippen LogP) is 0.793. The zero-order valence-electron chi connectivity index (χ0n) is 1.53. The van der Waals surface area contributed by atoms with Crippen LogP contribution in [0.2, 0.25) is 0 Å². The molecule has 0 aromatic heterocycles. The smallest absolute Gasteiger partial charge is 0 e. The molecule has 0 aliphatic heterocycles. The van der Waals surface area contributed by atoms with Crippen molar-refractivity contribution in [1.82, 2.24) is 6.15 Å². The first kappa shape index (κ1) is 73.9. The van der Waals surface area contributed by atoms with E-state index in [1.165, 1.54) is 0 Å². The van der Waals surface area contributed by atoms with Gasteiger partial charge < -0.3 is 6.15 Å². The molecule has 0 heterocycles. The topological polar surface area (TPSA) is 35.0 Å². The maximum absolute atomic E-state index is 0. The van der Waals surface area contributed by atoms with Gasteiger partial charge in [-0.1, -0.05) is 7.43 Å². The maximum atomic E-state index is 0. The minimum atomic E-state index is 0. The van der Waals surface area contributed by atoms with Crippen molar-refractivity contribution in [2.75, 3.05) is 0 Å². The Labute approximate surface area is 49.5 Å². The Morgan fingerprint density at radius 1 is 1.00 bits per heavy atom. The molecule has 0 unspecified atom stereocenters. The van der Waals surface area contributed by atoms with Crippen molar-refractivity contribution in [3.8, 4) is 0 Å². The molecule has 0 rings (SSSR count). The largest absolute Gasteiger partial charge is 0.344 e. The molecule has 0 amide bonds. The third kappa shape index (κ3) is 11.5. The van der Waals surface area contributed by atoms with Crippen molar-refractivity contribution in [3.05, 3.63) is 0 Å². The summed E-state index contributed by atoms with van der Waals surface area (Å²) in [5.41, 5.74) is 0. The molecule has 0 fully saturated rings. The molecule has 4 heavy (non-hydrogen) atoms. The summed E-state index contributed by atoms with van der Waals surface area (Å²) in [5.74, 6) is 0.